The maximum atomic E-state index is 16.3. The Bertz CT molecular complexity index is 932. The lowest BCUT2D eigenvalue weighted by atomic mass is 9.62. The first-order valence-corrected chi connectivity index (χ1v) is 10.3. The van der Waals surface area contributed by atoms with Gasteiger partial charge in [-0.3, -0.25) is 4.79 Å². The molecule has 0 bridgehead atoms. The molecule has 0 aliphatic heterocycles. The molecule has 1 saturated carbocycles. The molecule has 3 nitrogen and oxygen atoms in total. The number of rotatable bonds is 6. The lowest BCUT2D eigenvalue weighted by Crippen LogP contribution is -2.54. The molecule has 3 rings (SSSR count). The molecule has 0 saturated heterocycles. The molecule has 31 heavy (non-hydrogen) atoms. The zero-order valence-corrected chi connectivity index (χ0v) is 17.7. The van der Waals surface area contributed by atoms with Gasteiger partial charge in [-0.15, -0.1) is 0 Å². The van der Waals surface area contributed by atoms with Crippen molar-refractivity contribution < 1.29 is 31.5 Å². The SMILES string of the molecule is CCOC(=O)CC(N)C1(C2CC2)C(F)=C(C(F)(F)F)C(C)=C(c2ccccc2C)C1F. The van der Waals surface area contributed by atoms with E-state index in [0.29, 0.717) is 18.4 Å². The highest BCUT2D eigenvalue weighted by Crippen LogP contribution is 2.63. The summed E-state index contributed by atoms with van der Waals surface area (Å²) in [5.74, 6) is -3.15. The van der Waals surface area contributed by atoms with Crippen LogP contribution in [0.1, 0.15) is 44.2 Å². The highest BCUT2D eigenvalue weighted by Gasteiger charge is 2.64. The smallest absolute Gasteiger partial charge is 0.419 e. The predicted octanol–water partition coefficient (Wildman–Crippen LogP) is 5.58. The number of hydrogen-bond acceptors (Lipinski definition) is 3. The van der Waals surface area contributed by atoms with Crippen LogP contribution in [0, 0.1) is 18.3 Å². The fraction of sp³-hybridized carbons (Fsp3) is 0.522. The first-order chi connectivity index (χ1) is 14.5. The molecule has 2 aliphatic carbocycles. The number of esters is 1. The first-order valence-electron chi connectivity index (χ1n) is 10.3. The van der Waals surface area contributed by atoms with Crippen molar-refractivity contribution in [1.29, 1.82) is 0 Å². The summed E-state index contributed by atoms with van der Waals surface area (Å²) in [4.78, 5) is 12.0. The maximum Gasteiger partial charge on any atom is 0.419 e. The Hall–Kier alpha value is -2.22. The van der Waals surface area contributed by atoms with Crippen molar-refractivity contribution in [2.24, 2.45) is 17.1 Å². The number of hydrogen-bond donors (Lipinski definition) is 1. The van der Waals surface area contributed by atoms with Crippen molar-refractivity contribution >= 4 is 11.5 Å². The Morgan fingerprint density at radius 2 is 1.87 bits per heavy atom. The van der Waals surface area contributed by atoms with Gasteiger partial charge in [-0.2, -0.15) is 13.2 Å². The third-order valence-corrected chi connectivity index (χ3v) is 6.33. The van der Waals surface area contributed by atoms with Crippen LogP contribution >= 0.6 is 0 Å². The highest BCUT2D eigenvalue weighted by molar-refractivity contribution is 5.81. The number of carbonyl (C=O) groups excluding carboxylic acids is 1. The largest absolute Gasteiger partial charge is 0.466 e. The number of nitrogens with two attached hydrogens (primary N) is 1. The molecule has 2 aliphatic rings. The van der Waals surface area contributed by atoms with Crippen LogP contribution < -0.4 is 5.73 Å². The Kier molecular flexibility index (Phi) is 6.33. The average molecular weight is 443 g/mol. The van der Waals surface area contributed by atoms with Crippen molar-refractivity contribution in [2.75, 3.05) is 6.61 Å². The molecule has 2 N–H and O–H groups in total. The van der Waals surface area contributed by atoms with Crippen molar-refractivity contribution in [3.05, 3.63) is 52.4 Å². The minimum atomic E-state index is -5.05. The minimum Gasteiger partial charge on any atom is -0.466 e. The first kappa shape index (κ1) is 23.4. The molecule has 3 atom stereocenters. The van der Waals surface area contributed by atoms with Crippen molar-refractivity contribution in [2.45, 2.75) is 58.4 Å². The maximum absolute atomic E-state index is 16.3. The summed E-state index contributed by atoms with van der Waals surface area (Å²) in [5.41, 5.74) is 2.50. The third kappa shape index (κ3) is 3.90. The lowest BCUT2D eigenvalue weighted by Gasteiger charge is -2.46. The molecule has 0 heterocycles. The van der Waals surface area contributed by atoms with Gasteiger partial charge in [0.15, 0.2) is 0 Å². The summed E-state index contributed by atoms with van der Waals surface area (Å²) >= 11 is 0. The van der Waals surface area contributed by atoms with E-state index in [1.54, 1.807) is 32.0 Å². The van der Waals surface area contributed by atoms with Crippen molar-refractivity contribution in [3.8, 4) is 0 Å². The lowest BCUT2D eigenvalue weighted by molar-refractivity contribution is -0.144. The van der Waals surface area contributed by atoms with Gasteiger partial charge in [0.1, 0.15) is 12.0 Å². The molecule has 170 valence electrons. The molecular weight excluding hydrogens is 417 g/mol. The van der Waals surface area contributed by atoms with Gasteiger partial charge in [0.25, 0.3) is 0 Å². The van der Waals surface area contributed by atoms with E-state index >= 15 is 8.78 Å². The average Bonchev–Trinajstić information content (AvgIpc) is 3.48. The van der Waals surface area contributed by atoms with Crippen LogP contribution in [0.2, 0.25) is 0 Å². The van der Waals surface area contributed by atoms with Crippen LogP contribution in [0.4, 0.5) is 22.0 Å². The summed E-state index contributed by atoms with van der Waals surface area (Å²) < 4.78 is 79.1. The molecule has 3 unspecified atom stereocenters. The van der Waals surface area contributed by atoms with Crippen LogP contribution in [0.3, 0.4) is 0 Å². The molecule has 0 aromatic heterocycles. The van der Waals surface area contributed by atoms with Gasteiger partial charge in [0.2, 0.25) is 0 Å². The molecular formula is C23H26F5NO2. The van der Waals surface area contributed by atoms with Crippen molar-refractivity contribution in [1.82, 2.24) is 0 Å². The summed E-state index contributed by atoms with van der Waals surface area (Å²) in [6, 6.07) is 4.94. The number of aryl methyl sites for hydroxylation is 1. The zero-order valence-electron chi connectivity index (χ0n) is 17.7. The van der Waals surface area contributed by atoms with E-state index < -0.39 is 59.1 Å². The monoisotopic (exact) mass is 443 g/mol. The normalized spacial score (nSPS) is 25.6. The number of carbonyl (C=O) groups is 1. The zero-order chi connectivity index (χ0) is 23.1. The van der Waals surface area contributed by atoms with Gasteiger partial charge < -0.3 is 10.5 Å². The molecule has 1 aromatic carbocycles. The predicted molar refractivity (Wildman–Crippen MR) is 107 cm³/mol. The number of allylic oxidation sites excluding steroid dienone is 3. The van der Waals surface area contributed by atoms with E-state index in [2.05, 4.69) is 0 Å². The number of halogens is 5. The highest BCUT2D eigenvalue weighted by atomic mass is 19.4. The van der Waals surface area contributed by atoms with Gasteiger partial charge >= 0.3 is 12.1 Å². The quantitative estimate of drug-likeness (QED) is 0.461. The fourth-order valence-corrected chi connectivity index (χ4v) is 4.78. The number of ether oxygens (including phenoxy) is 1. The molecule has 1 fully saturated rings. The number of benzene rings is 1. The van der Waals surface area contributed by atoms with E-state index in [4.69, 9.17) is 10.5 Å². The summed E-state index contributed by atoms with van der Waals surface area (Å²) in [6.45, 7) is 4.33. The van der Waals surface area contributed by atoms with Gasteiger partial charge in [0, 0.05) is 6.04 Å². The third-order valence-electron chi connectivity index (χ3n) is 6.33. The van der Waals surface area contributed by atoms with Crippen LogP contribution in [-0.2, 0) is 9.53 Å². The summed E-state index contributed by atoms with van der Waals surface area (Å²) in [7, 11) is 0. The van der Waals surface area contributed by atoms with Gasteiger partial charge in [-0.1, -0.05) is 24.3 Å². The molecule has 8 heteroatoms. The van der Waals surface area contributed by atoms with E-state index in [9.17, 15) is 18.0 Å². The molecule has 0 amide bonds. The Balaban J connectivity index is 2.28. The topological polar surface area (TPSA) is 52.3 Å². The molecule has 0 radical (unpaired) electrons. The Labute approximate surface area is 178 Å². The van der Waals surface area contributed by atoms with Gasteiger partial charge in [-0.05, 0) is 61.8 Å². The summed E-state index contributed by atoms with van der Waals surface area (Å²) in [6.07, 6.45) is -7.11. The Morgan fingerprint density at radius 3 is 2.39 bits per heavy atom. The van der Waals surface area contributed by atoms with E-state index in [0.717, 1.165) is 6.92 Å². The molecule has 0 spiro atoms. The van der Waals surface area contributed by atoms with Gasteiger partial charge in [-0.25, -0.2) is 8.78 Å². The number of alkyl halides is 4. The van der Waals surface area contributed by atoms with Crippen LogP contribution in [0.15, 0.2) is 41.2 Å². The van der Waals surface area contributed by atoms with Gasteiger partial charge in [0.05, 0.1) is 24.0 Å². The van der Waals surface area contributed by atoms with Crippen molar-refractivity contribution in [3.63, 3.8) is 0 Å². The van der Waals surface area contributed by atoms with E-state index in [-0.39, 0.29) is 17.7 Å². The molecule has 1 aromatic rings. The summed E-state index contributed by atoms with van der Waals surface area (Å²) in [5, 5.41) is 0. The minimum absolute atomic E-state index is 0.0284. The fourth-order valence-electron chi connectivity index (χ4n) is 4.78. The standard InChI is InChI=1S/C23H26F5NO2/c1-4-31-17(30)11-16(29)22(14-9-10-14)20(24)18(15-8-6-5-7-12(15)2)13(3)19(21(22)25)23(26,27)28/h5-8,14,16,20H,4,9-11,29H2,1-3H3. The van der Waals surface area contributed by atoms with Crippen LogP contribution in [-0.4, -0.2) is 31.0 Å². The second kappa shape index (κ2) is 8.37. The van der Waals surface area contributed by atoms with E-state index in [1.807, 2.05) is 0 Å². The van der Waals surface area contributed by atoms with Crippen LogP contribution in [0.5, 0.6) is 0 Å². The second-order valence-corrected chi connectivity index (χ2v) is 8.23. The van der Waals surface area contributed by atoms with Crippen LogP contribution in [0.25, 0.3) is 5.57 Å². The Morgan fingerprint density at radius 1 is 1.26 bits per heavy atom. The van der Waals surface area contributed by atoms with E-state index in [1.165, 1.54) is 6.07 Å². The second-order valence-electron chi connectivity index (χ2n) is 8.23.